The molecule has 0 spiro atoms. The fourth-order valence-corrected chi connectivity index (χ4v) is 6.77. The smallest absolute Gasteiger partial charge is 0.337 e. The third-order valence-corrected chi connectivity index (χ3v) is 7.87. The summed E-state index contributed by atoms with van der Waals surface area (Å²) < 4.78 is 40.7. The monoisotopic (exact) mass is 440 g/mol. The molecule has 30 heavy (non-hydrogen) atoms. The van der Waals surface area contributed by atoms with E-state index in [4.69, 9.17) is 13.7 Å². The lowest BCUT2D eigenvalue weighted by atomic mass is 9.55. The second-order valence-corrected chi connectivity index (χ2v) is 10.0. The molecule has 0 aliphatic heterocycles. The van der Waals surface area contributed by atoms with Crippen molar-refractivity contribution in [2.24, 2.45) is 23.7 Å². The van der Waals surface area contributed by atoms with E-state index in [2.05, 4.69) is 0 Å². The third kappa shape index (κ3) is 5.22. The topological polar surface area (TPSA) is 99.1 Å². The van der Waals surface area contributed by atoms with Crippen LogP contribution in [0.1, 0.15) is 56.3 Å². The Morgan fingerprint density at radius 1 is 1.10 bits per heavy atom. The van der Waals surface area contributed by atoms with Gasteiger partial charge in [0.25, 0.3) is 10.1 Å². The van der Waals surface area contributed by atoms with Crippen LogP contribution >= 0.6 is 0 Å². The highest BCUT2D eigenvalue weighted by molar-refractivity contribution is 7.86. The van der Waals surface area contributed by atoms with Crippen molar-refractivity contribution in [1.29, 1.82) is 0 Å². The van der Waals surface area contributed by atoms with Crippen LogP contribution < -0.4 is 0 Å². The quantitative estimate of drug-likeness (QED) is 0.506. The van der Waals surface area contributed by atoms with E-state index < -0.39 is 16.1 Å². The van der Waals surface area contributed by atoms with E-state index in [1.54, 1.807) is 7.11 Å². The van der Waals surface area contributed by atoms with Crippen molar-refractivity contribution in [2.45, 2.75) is 63.2 Å². The van der Waals surface area contributed by atoms with Gasteiger partial charge < -0.3 is 14.6 Å². The van der Waals surface area contributed by atoms with E-state index in [1.807, 2.05) is 13.8 Å². The molecular formula is C22H32O7S. The lowest BCUT2D eigenvalue weighted by molar-refractivity contribution is -0.106. The standard InChI is InChI=1S/C17H20O5S.C5H12O2/c18-17(19)14-3-1-2-4-15(14)23(20,21)22-16-12-6-10-5-11(8-12)9-13(16)7-10;1-4-7-5(2)6-3/h1-4,10-13,16H,5-9H2,(H,18,19);5H,4H2,1-3H3. The maximum atomic E-state index is 12.7. The second-order valence-electron chi connectivity index (χ2n) is 8.51. The highest BCUT2D eigenvalue weighted by atomic mass is 32.2. The van der Waals surface area contributed by atoms with Crippen LogP contribution in [0.15, 0.2) is 29.2 Å². The molecule has 1 aromatic rings. The minimum Gasteiger partial charge on any atom is -0.478 e. The van der Waals surface area contributed by atoms with Crippen molar-refractivity contribution >= 4 is 16.1 Å². The molecule has 1 atom stereocenters. The highest BCUT2D eigenvalue weighted by Gasteiger charge is 2.50. The minimum atomic E-state index is -4.06. The van der Waals surface area contributed by atoms with E-state index >= 15 is 0 Å². The van der Waals surface area contributed by atoms with Gasteiger partial charge in [-0.2, -0.15) is 8.42 Å². The molecule has 1 N–H and O–H groups in total. The summed E-state index contributed by atoms with van der Waals surface area (Å²) in [5, 5.41) is 9.22. The Balaban J connectivity index is 0.000000318. The average Bonchev–Trinajstić information content (AvgIpc) is 2.71. The molecule has 168 valence electrons. The number of carboxylic acid groups (broad SMARTS) is 1. The van der Waals surface area contributed by atoms with Gasteiger partial charge in [0.05, 0.1) is 11.7 Å². The van der Waals surface area contributed by atoms with Gasteiger partial charge in [0, 0.05) is 13.7 Å². The summed E-state index contributed by atoms with van der Waals surface area (Å²) in [6, 6.07) is 5.66. The Bertz CT molecular complexity index is 808. The van der Waals surface area contributed by atoms with Gasteiger partial charge in [-0.05, 0) is 81.8 Å². The van der Waals surface area contributed by atoms with Crippen molar-refractivity contribution < 1.29 is 32.0 Å². The molecule has 1 unspecified atom stereocenters. The van der Waals surface area contributed by atoms with E-state index in [0.717, 1.165) is 44.1 Å². The fraction of sp³-hybridized carbons (Fsp3) is 0.682. The molecular weight excluding hydrogens is 408 g/mol. The zero-order chi connectivity index (χ0) is 21.9. The molecule has 0 saturated heterocycles. The molecule has 0 aromatic heterocycles. The first kappa shape index (κ1) is 23.2. The molecule has 7 nitrogen and oxygen atoms in total. The Morgan fingerprint density at radius 3 is 2.13 bits per heavy atom. The van der Waals surface area contributed by atoms with Crippen LogP contribution in [0.4, 0.5) is 0 Å². The van der Waals surface area contributed by atoms with Crippen molar-refractivity contribution in [3.8, 4) is 0 Å². The molecule has 4 aliphatic carbocycles. The lowest BCUT2D eigenvalue weighted by Gasteiger charge is -2.53. The summed E-state index contributed by atoms with van der Waals surface area (Å²) in [5.74, 6) is 0.812. The molecule has 0 heterocycles. The zero-order valence-electron chi connectivity index (χ0n) is 17.8. The fourth-order valence-electron chi connectivity index (χ4n) is 5.39. The Morgan fingerprint density at radius 2 is 1.67 bits per heavy atom. The van der Waals surface area contributed by atoms with Gasteiger partial charge >= 0.3 is 5.97 Å². The van der Waals surface area contributed by atoms with Crippen LogP contribution in [0.3, 0.4) is 0 Å². The minimum absolute atomic E-state index is 0.0509. The number of hydrogen-bond donors (Lipinski definition) is 1. The zero-order valence-corrected chi connectivity index (χ0v) is 18.6. The first-order valence-corrected chi connectivity index (χ1v) is 12.1. The number of ether oxygens (including phenoxy) is 2. The second kappa shape index (κ2) is 9.77. The Labute approximate surface area is 178 Å². The van der Waals surface area contributed by atoms with Gasteiger partial charge in [-0.1, -0.05) is 12.1 Å². The molecule has 4 aliphatic rings. The van der Waals surface area contributed by atoms with Gasteiger partial charge in [-0.15, -0.1) is 0 Å². The number of hydrogen-bond acceptors (Lipinski definition) is 6. The van der Waals surface area contributed by atoms with Crippen LogP contribution in [0.2, 0.25) is 0 Å². The van der Waals surface area contributed by atoms with Crippen molar-refractivity contribution in [1.82, 2.24) is 0 Å². The number of benzene rings is 1. The van der Waals surface area contributed by atoms with Crippen molar-refractivity contribution in [3.05, 3.63) is 29.8 Å². The summed E-state index contributed by atoms with van der Waals surface area (Å²) in [7, 11) is -2.44. The van der Waals surface area contributed by atoms with Gasteiger partial charge in [0.2, 0.25) is 0 Å². The SMILES string of the molecule is CCOC(C)OC.O=C(O)c1ccccc1S(=O)(=O)OC1C2CC3CC(C2)CC1C3. The predicted molar refractivity (Wildman–Crippen MR) is 111 cm³/mol. The van der Waals surface area contributed by atoms with Crippen LogP contribution in [0.25, 0.3) is 0 Å². The van der Waals surface area contributed by atoms with E-state index in [9.17, 15) is 18.3 Å². The number of aromatic carboxylic acids is 1. The third-order valence-electron chi connectivity index (χ3n) is 6.50. The molecule has 4 fully saturated rings. The van der Waals surface area contributed by atoms with Crippen LogP contribution in [-0.2, 0) is 23.8 Å². The maximum absolute atomic E-state index is 12.7. The average molecular weight is 441 g/mol. The molecule has 1 aromatic carbocycles. The molecule has 0 radical (unpaired) electrons. The Kier molecular flexibility index (Phi) is 7.55. The van der Waals surface area contributed by atoms with Gasteiger partial charge in [-0.3, -0.25) is 4.18 Å². The predicted octanol–water partition coefficient (Wildman–Crippen LogP) is 3.93. The largest absolute Gasteiger partial charge is 0.478 e. The van der Waals surface area contributed by atoms with Gasteiger partial charge in [0.15, 0.2) is 6.29 Å². The highest BCUT2D eigenvalue weighted by Crippen LogP contribution is 2.55. The van der Waals surface area contributed by atoms with Crippen LogP contribution in [0.5, 0.6) is 0 Å². The van der Waals surface area contributed by atoms with Crippen LogP contribution in [-0.4, -0.2) is 45.6 Å². The first-order valence-electron chi connectivity index (χ1n) is 10.6. The Hall–Kier alpha value is -1.48. The summed E-state index contributed by atoms with van der Waals surface area (Å²) in [6.45, 7) is 4.52. The summed E-state index contributed by atoms with van der Waals surface area (Å²) in [5.41, 5.74) is -0.226. The number of carbonyl (C=O) groups is 1. The molecule has 0 amide bonds. The van der Waals surface area contributed by atoms with E-state index in [1.165, 1.54) is 30.7 Å². The van der Waals surface area contributed by atoms with Gasteiger partial charge in [0.1, 0.15) is 4.90 Å². The first-order chi connectivity index (χ1) is 14.2. The number of methoxy groups -OCH3 is 1. The van der Waals surface area contributed by atoms with Gasteiger partial charge in [-0.25, -0.2) is 4.79 Å². The molecule has 8 heteroatoms. The summed E-state index contributed by atoms with van der Waals surface area (Å²) in [6.07, 6.45) is 5.15. The van der Waals surface area contributed by atoms with Crippen LogP contribution in [0, 0.1) is 23.7 Å². The van der Waals surface area contributed by atoms with E-state index in [0.29, 0.717) is 11.8 Å². The molecule has 4 bridgehead atoms. The number of rotatable bonds is 7. The molecule has 5 rings (SSSR count). The maximum Gasteiger partial charge on any atom is 0.337 e. The van der Waals surface area contributed by atoms with Crippen molar-refractivity contribution in [3.63, 3.8) is 0 Å². The van der Waals surface area contributed by atoms with E-state index in [-0.39, 0.29) is 22.9 Å². The summed E-state index contributed by atoms with van der Waals surface area (Å²) in [4.78, 5) is 11.1. The lowest BCUT2D eigenvalue weighted by Crippen LogP contribution is -2.50. The normalized spacial score (nSPS) is 30.4. The number of carboxylic acids is 1. The van der Waals surface area contributed by atoms with Crippen molar-refractivity contribution in [2.75, 3.05) is 13.7 Å². The molecule has 4 saturated carbocycles. The summed E-state index contributed by atoms with van der Waals surface area (Å²) >= 11 is 0.